The molecule has 0 aliphatic rings. The SMILES string of the molecule is O=C(NCCc1nnc(-c2ccc(F)cc2)o1)c1ccc(Cl)c(Cl)c1. The molecule has 2 aromatic carbocycles. The van der Waals surface area contributed by atoms with Crippen molar-refractivity contribution in [3.8, 4) is 11.5 Å². The van der Waals surface area contributed by atoms with E-state index >= 15 is 0 Å². The van der Waals surface area contributed by atoms with Crippen LogP contribution in [0, 0.1) is 5.82 Å². The molecule has 0 bridgehead atoms. The Labute approximate surface area is 152 Å². The molecule has 1 N–H and O–H groups in total. The molecule has 8 heteroatoms. The van der Waals surface area contributed by atoms with Gasteiger partial charge in [0.2, 0.25) is 11.8 Å². The van der Waals surface area contributed by atoms with E-state index in [0.29, 0.717) is 45.9 Å². The van der Waals surface area contributed by atoms with E-state index in [9.17, 15) is 9.18 Å². The minimum absolute atomic E-state index is 0.281. The zero-order chi connectivity index (χ0) is 17.8. The van der Waals surface area contributed by atoms with E-state index < -0.39 is 0 Å². The molecule has 0 fully saturated rings. The highest BCUT2D eigenvalue weighted by Crippen LogP contribution is 2.22. The first kappa shape index (κ1) is 17.4. The molecule has 0 unspecified atom stereocenters. The van der Waals surface area contributed by atoms with Gasteiger partial charge in [-0.1, -0.05) is 23.2 Å². The first-order valence-electron chi connectivity index (χ1n) is 7.34. The number of hydrogen-bond acceptors (Lipinski definition) is 4. The Hall–Kier alpha value is -2.44. The van der Waals surface area contributed by atoms with Crippen LogP contribution in [0.3, 0.4) is 0 Å². The lowest BCUT2D eigenvalue weighted by atomic mass is 10.2. The Morgan fingerprint density at radius 1 is 1.08 bits per heavy atom. The largest absolute Gasteiger partial charge is 0.421 e. The molecule has 5 nitrogen and oxygen atoms in total. The third kappa shape index (κ3) is 4.35. The van der Waals surface area contributed by atoms with Crippen LogP contribution in [0.5, 0.6) is 0 Å². The molecule has 1 amide bonds. The van der Waals surface area contributed by atoms with Crippen molar-refractivity contribution in [1.29, 1.82) is 0 Å². The maximum atomic E-state index is 12.9. The Morgan fingerprint density at radius 2 is 1.84 bits per heavy atom. The van der Waals surface area contributed by atoms with Crippen molar-refractivity contribution in [2.24, 2.45) is 0 Å². The predicted molar refractivity (Wildman–Crippen MR) is 92.2 cm³/mol. The zero-order valence-electron chi connectivity index (χ0n) is 12.8. The van der Waals surface area contributed by atoms with E-state index in [4.69, 9.17) is 27.6 Å². The molecular weight excluding hydrogens is 368 g/mol. The predicted octanol–water partition coefficient (Wildman–Crippen LogP) is 4.16. The molecule has 0 saturated carbocycles. The van der Waals surface area contributed by atoms with Gasteiger partial charge in [-0.05, 0) is 42.5 Å². The Bertz CT molecular complexity index is 897. The average molecular weight is 380 g/mol. The molecule has 25 heavy (non-hydrogen) atoms. The second-order valence-electron chi connectivity index (χ2n) is 5.14. The highest BCUT2D eigenvalue weighted by Gasteiger charge is 2.11. The number of halogens is 3. The quantitative estimate of drug-likeness (QED) is 0.722. The summed E-state index contributed by atoms with van der Waals surface area (Å²) in [5.74, 6) is 0.0462. The molecule has 0 spiro atoms. The highest BCUT2D eigenvalue weighted by atomic mass is 35.5. The third-order valence-corrected chi connectivity index (χ3v) is 4.10. The Balaban J connectivity index is 1.56. The van der Waals surface area contributed by atoms with Crippen molar-refractivity contribution in [2.75, 3.05) is 6.54 Å². The second-order valence-corrected chi connectivity index (χ2v) is 5.96. The highest BCUT2D eigenvalue weighted by molar-refractivity contribution is 6.42. The third-order valence-electron chi connectivity index (χ3n) is 3.36. The Kier molecular flexibility index (Phi) is 5.31. The maximum absolute atomic E-state index is 12.9. The summed E-state index contributed by atoms with van der Waals surface area (Å²) < 4.78 is 18.4. The summed E-state index contributed by atoms with van der Waals surface area (Å²) in [6.07, 6.45) is 0.362. The molecule has 1 aromatic heterocycles. The van der Waals surface area contributed by atoms with E-state index in [1.807, 2.05) is 0 Å². The lowest BCUT2D eigenvalue weighted by Gasteiger charge is -2.04. The van der Waals surface area contributed by atoms with E-state index in [1.165, 1.54) is 18.2 Å². The average Bonchev–Trinajstić information content (AvgIpc) is 3.06. The summed E-state index contributed by atoms with van der Waals surface area (Å²) in [6, 6.07) is 10.4. The summed E-state index contributed by atoms with van der Waals surface area (Å²) in [7, 11) is 0. The van der Waals surface area contributed by atoms with Crippen LogP contribution < -0.4 is 5.32 Å². The molecule has 3 aromatic rings. The fraction of sp³-hybridized carbons (Fsp3) is 0.118. The van der Waals surface area contributed by atoms with Gasteiger partial charge in [-0.3, -0.25) is 4.79 Å². The molecule has 0 atom stereocenters. The lowest BCUT2D eigenvalue weighted by Crippen LogP contribution is -2.25. The van der Waals surface area contributed by atoms with Crippen LogP contribution in [0.2, 0.25) is 10.0 Å². The minimum atomic E-state index is -0.339. The van der Waals surface area contributed by atoms with Crippen LogP contribution in [-0.2, 0) is 6.42 Å². The molecule has 0 aliphatic heterocycles. The van der Waals surface area contributed by atoms with Crippen LogP contribution in [0.25, 0.3) is 11.5 Å². The summed E-state index contributed by atoms with van der Waals surface area (Å²) in [5.41, 5.74) is 1.03. The van der Waals surface area contributed by atoms with Gasteiger partial charge in [0, 0.05) is 24.1 Å². The van der Waals surface area contributed by atoms with E-state index in [-0.39, 0.29) is 11.7 Å². The van der Waals surface area contributed by atoms with Crippen molar-refractivity contribution in [1.82, 2.24) is 15.5 Å². The van der Waals surface area contributed by atoms with Gasteiger partial charge in [-0.15, -0.1) is 10.2 Å². The summed E-state index contributed by atoms with van der Waals surface area (Å²) in [6.45, 7) is 0.310. The second kappa shape index (κ2) is 7.63. The van der Waals surface area contributed by atoms with Crippen LogP contribution in [0.15, 0.2) is 46.9 Å². The molecular formula is C17H12Cl2FN3O2. The van der Waals surface area contributed by atoms with Gasteiger partial charge in [0.1, 0.15) is 5.82 Å². The number of nitrogens with zero attached hydrogens (tertiary/aromatic N) is 2. The van der Waals surface area contributed by atoms with Crippen molar-refractivity contribution in [3.05, 3.63) is 69.8 Å². The monoisotopic (exact) mass is 379 g/mol. The number of nitrogens with one attached hydrogen (secondary N) is 1. The van der Waals surface area contributed by atoms with Crippen LogP contribution in [-0.4, -0.2) is 22.6 Å². The summed E-state index contributed by atoms with van der Waals surface area (Å²) in [5, 5.41) is 11.3. The van der Waals surface area contributed by atoms with Gasteiger partial charge < -0.3 is 9.73 Å². The van der Waals surface area contributed by atoms with Gasteiger partial charge in [-0.2, -0.15) is 0 Å². The van der Waals surface area contributed by atoms with Gasteiger partial charge >= 0.3 is 0 Å². The normalized spacial score (nSPS) is 10.7. The summed E-state index contributed by atoms with van der Waals surface area (Å²) >= 11 is 11.7. The Morgan fingerprint density at radius 3 is 2.56 bits per heavy atom. The number of carbonyl (C=O) groups is 1. The van der Waals surface area contributed by atoms with E-state index in [2.05, 4.69) is 15.5 Å². The molecule has 0 saturated heterocycles. The fourth-order valence-corrected chi connectivity index (χ4v) is 2.38. The van der Waals surface area contributed by atoms with Gasteiger partial charge in [0.05, 0.1) is 10.0 Å². The topological polar surface area (TPSA) is 68.0 Å². The molecule has 0 radical (unpaired) electrons. The van der Waals surface area contributed by atoms with Crippen LogP contribution in [0.1, 0.15) is 16.2 Å². The number of carbonyl (C=O) groups excluding carboxylic acids is 1. The smallest absolute Gasteiger partial charge is 0.251 e. The first-order chi connectivity index (χ1) is 12.0. The van der Waals surface area contributed by atoms with Gasteiger partial charge in [0.15, 0.2) is 0 Å². The first-order valence-corrected chi connectivity index (χ1v) is 8.10. The molecule has 1 heterocycles. The molecule has 0 aliphatic carbocycles. The number of aromatic nitrogens is 2. The van der Waals surface area contributed by atoms with E-state index in [1.54, 1.807) is 24.3 Å². The number of hydrogen-bond donors (Lipinski definition) is 1. The molecule has 3 rings (SSSR count). The van der Waals surface area contributed by atoms with Gasteiger partial charge in [0.25, 0.3) is 5.91 Å². The zero-order valence-corrected chi connectivity index (χ0v) is 14.3. The minimum Gasteiger partial charge on any atom is -0.421 e. The van der Waals surface area contributed by atoms with Gasteiger partial charge in [-0.25, -0.2) is 4.39 Å². The summed E-state index contributed by atoms with van der Waals surface area (Å²) in [4.78, 5) is 12.0. The standard InChI is InChI=1S/C17H12Cl2FN3O2/c18-13-6-3-11(9-14(13)19)16(24)21-8-7-15-22-23-17(25-15)10-1-4-12(20)5-2-10/h1-6,9H,7-8H2,(H,21,24). The van der Waals surface area contributed by atoms with Crippen LogP contribution >= 0.6 is 23.2 Å². The molecule has 128 valence electrons. The van der Waals surface area contributed by atoms with Crippen molar-refractivity contribution in [3.63, 3.8) is 0 Å². The number of amides is 1. The lowest BCUT2D eigenvalue weighted by molar-refractivity contribution is 0.0953. The fourth-order valence-electron chi connectivity index (χ4n) is 2.09. The van der Waals surface area contributed by atoms with Crippen molar-refractivity contribution < 1.29 is 13.6 Å². The number of rotatable bonds is 5. The van der Waals surface area contributed by atoms with E-state index in [0.717, 1.165) is 0 Å². The van der Waals surface area contributed by atoms with Crippen molar-refractivity contribution >= 4 is 29.1 Å². The maximum Gasteiger partial charge on any atom is 0.251 e. The number of benzene rings is 2. The van der Waals surface area contributed by atoms with Crippen molar-refractivity contribution in [2.45, 2.75) is 6.42 Å². The van der Waals surface area contributed by atoms with Crippen LogP contribution in [0.4, 0.5) is 4.39 Å².